The van der Waals surface area contributed by atoms with E-state index in [9.17, 15) is 0 Å². The fourth-order valence-corrected chi connectivity index (χ4v) is 2.55. The molecule has 1 aliphatic heterocycles. The van der Waals surface area contributed by atoms with Gasteiger partial charge in [0.2, 0.25) is 0 Å². The first-order valence-electron chi connectivity index (χ1n) is 6.48. The van der Waals surface area contributed by atoms with Crippen molar-refractivity contribution in [1.82, 2.24) is 4.90 Å². The molecule has 90 valence electrons. The lowest BCUT2D eigenvalue weighted by Crippen LogP contribution is -2.50. The maximum absolute atomic E-state index is 5.90. The molecule has 3 atom stereocenters. The Hall–Kier alpha value is -0.0800. The summed E-state index contributed by atoms with van der Waals surface area (Å²) in [6.45, 7) is 11.3. The molecule has 1 saturated heterocycles. The van der Waals surface area contributed by atoms with E-state index in [1.165, 1.54) is 32.2 Å². The van der Waals surface area contributed by atoms with Gasteiger partial charge in [-0.3, -0.25) is 4.90 Å². The van der Waals surface area contributed by atoms with Crippen molar-refractivity contribution < 1.29 is 0 Å². The van der Waals surface area contributed by atoms with Crippen molar-refractivity contribution in [1.29, 1.82) is 0 Å². The van der Waals surface area contributed by atoms with Crippen LogP contribution < -0.4 is 5.73 Å². The molecule has 15 heavy (non-hydrogen) atoms. The SMILES string of the molecule is CCC(C)(CN)CN1[C@H](C)CCC[C@@H]1C. The standard InChI is InChI=1S/C13H28N2/c1-5-13(4,9-14)10-15-11(2)7-6-8-12(15)3/h11-12H,5-10,14H2,1-4H3/t11-,12+,13?. The third-order valence-corrected chi connectivity index (χ3v) is 4.29. The van der Waals surface area contributed by atoms with Crippen LogP contribution in [0.25, 0.3) is 0 Å². The number of likely N-dealkylation sites (tertiary alicyclic amines) is 1. The second kappa shape index (κ2) is 5.31. The monoisotopic (exact) mass is 212 g/mol. The molecule has 0 aliphatic carbocycles. The van der Waals surface area contributed by atoms with Gasteiger partial charge in [0.1, 0.15) is 0 Å². The zero-order valence-electron chi connectivity index (χ0n) is 10.9. The molecule has 0 saturated carbocycles. The van der Waals surface area contributed by atoms with Gasteiger partial charge >= 0.3 is 0 Å². The number of hydrogen-bond donors (Lipinski definition) is 1. The zero-order valence-corrected chi connectivity index (χ0v) is 10.9. The van der Waals surface area contributed by atoms with Gasteiger partial charge in [0.25, 0.3) is 0 Å². The Morgan fingerprint density at radius 1 is 1.27 bits per heavy atom. The van der Waals surface area contributed by atoms with Crippen LogP contribution in [0.15, 0.2) is 0 Å². The lowest BCUT2D eigenvalue weighted by molar-refractivity contribution is 0.0554. The Morgan fingerprint density at radius 2 is 1.80 bits per heavy atom. The number of piperidine rings is 1. The van der Waals surface area contributed by atoms with Crippen LogP contribution in [0.5, 0.6) is 0 Å². The molecule has 2 N–H and O–H groups in total. The van der Waals surface area contributed by atoms with Gasteiger partial charge in [0.15, 0.2) is 0 Å². The Balaban J connectivity index is 2.61. The smallest absolute Gasteiger partial charge is 0.00699 e. The molecule has 2 nitrogen and oxygen atoms in total. The predicted molar refractivity (Wildman–Crippen MR) is 66.9 cm³/mol. The van der Waals surface area contributed by atoms with Crippen molar-refractivity contribution in [2.24, 2.45) is 11.1 Å². The minimum atomic E-state index is 0.305. The molecule has 0 bridgehead atoms. The van der Waals surface area contributed by atoms with Crippen molar-refractivity contribution in [3.63, 3.8) is 0 Å². The Bertz CT molecular complexity index is 177. The molecule has 0 spiro atoms. The van der Waals surface area contributed by atoms with Gasteiger partial charge in [0, 0.05) is 18.6 Å². The van der Waals surface area contributed by atoms with Gasteiger partial charge in [0.05, 0.1) is 0 Å². The molecule has 0 aromatic rings. The fraction of sp³-hybridized carbons (Fsp3) is 1.00. The van der Waals surface area contributed by atoms with Gasteiger partial charge in [-0.1, -0.05) is 20.3 Å². The van der Waals surface area contributed by atoms with E-state index < -0.39 is 0 Å². The van der Waals surface area contributed by atoms with E-state index in [0.29, 0.717) is 5.41 Å². The quantitative estimate of drug-likeness (QED) is 0.776. The summed E-state index contributed by atoms with van der Waals surface area (Å²) in [4.78, 5) is 2.67. The summed E-state index contributed by atoms with van der Waals surface area (Å²) in [5.41, 5.74) is 6.20. The minimum absolute atomic E-state index is 0.305. The van der Waals surface area contributed by atoms with Crippen LogP contribution in [0.2, 0.25) is 0 Å². The summed E-state index contributed by atoms with van der Waals surface area (Å²) >= 11 is 0. The van der Waals surface area contributed by atoms with Gasteiger partial charge in [-0.15, -0.1) is 0 Å². The average Bonchev–Trinajstić information content (AvgIpc) is 2.23. The highest BCUT2D eigenvalue weighted by atomic mass is 15.2. The largest absolute Gasteiger partial charge is 0.330 e. The van der Waals surface area contributed by atoms with Crippen molar-refractivity contribution in [3.8, 4) is 0 Å². The first kappa shape index (κ1) is 13.0. The molecular formula is C13H28N2. The highest BCUT2D eigenvalue weighted by molar-refractivity contribution is 4.86. The topological polar surface area (TPSA) is 29.3 Å². The van der Waals surface area contributed by atoms with E-state index in [-0.39, 0.29) is 0 Å². The molecule has 0 amide bonds. The lowest BCUT2D eigenvalue weighted by atomic mass is 9.84. The van der Waals surface area contributed by atoms with Gasteiger partial charge in [-0.2, -0.15) is 0 Å². The number of nitrogens with two attached hydrogens (primary N) is 1. The third-order valence-electron chi connectivity index (χ3n) is 4.29. The summed E-state index contributed by atoms with van der Waals surface area (Å²) in [6, 6.07) is 1.48. The van der Waals surface area contributed by atoms with Crippen molar-refractivity contribution in [2.45, 2.75) is 65.5 Å². The molecule has 0 radical (unpaired) electrons. The molecule has 1 heterocycles. The van der Waals surface area contributed by atoms with E-state index >= 15 is 0 Å². The van der Waals surface area contributed by atoms with Crippen LogP contribution in [-0.2, 0) is 0 Å². The van der Waals surface area contributed by atoms with Crippen molar-refractivity contribution in [2.75, 3.05) is 13.1 Å². The molecule has 0 aromatic carbocycles. The maximum Gasteiger partial charge on any atom is 0.00699 e. The summed E-state index contributed by atoms with van der Waals surface area (Å²) in [5, 5.41) is 0. The molecule has 1 fully saturated rings. The Kier molecular flexibility index (Phi) is 4.60. The van der Waals surface area contributed by atoms with E-state index in [4.69, 9.17) is 5.73 Å². The average molecular weight is 212 g/mol. The molecule has 1 unspecified atom stereocenters. The summed E-state index contributed by atoms with van der Waals surface area (Å²) in [6.07, 6.45) is 5.28. The van der Waals surface area contributed by atoms with E-state index in [1.54, 1.807) is 0 Å². The van der Waals surface area contributed by atoms with E-state index in [0.717, 1.165) is 18.6 Å². The lowest BCUT2D eigenvalue weighted by Gasteiger charge is -2.44. The molecular weight excluding hydrogens is 184 g/mol. The molecule has 2 heteroatoms. The van der Waals surface area contributed by atoms with Crippen LogP contribution >= 0.6 is 0 Å². The highest BCUT2D eigenvalue weighted by Crippen LogP contribution is 2.28. The molecule has 1 aliphatic rings. The fourth-order valence-electron chi connectivity index (χ4n) is 2.55. The van der Waals surface area contributed by atoms with Crippen LogP contribution in [0.1, 0.15) is 53.4 Å². The summed E-state index contributed by atoms with van der Waals surface area (Å²) in [7, 11) is 0. The first-order valence-corrected chi connectivity index (χ1v) is 6.48. The zero-order chi connectivity index (χ0) is 11.5. The Labute approximate surface area is 95.2 Å². The highest BCUT2D eigenvalue weighted by Gasteiger charge is 2.31. The number of rotatable bonds is 4. The normalized spacial score (nSPS) is 32.6. The van der Waals surface area contributed by atoms with E-state index in [1.807, 2.05) is 0 Å². The van der Waals surface area contributed by atoms with E-state index in [2.05, 4.69) is 32.6 Å². The second-order valence-electron chi connectivity index (χ2n) is 5.67. The summed E-state index contributed by atoms with van der Waals surface area (Å²) in [5.74, 6) is 0. The second-order valence-corrected chi connectivity index (χ2v) is 5.67. The molecule has 1 rings (SSSR count). The van der Waals surface area contributed by atoms with Crippen molar-refractivity contribution >= 4 is 0 Å². The minimum Gasteiger partial charge on any atom is -0.330 e. The summed E-state index contributed by atoms with van der Waals surface area (Å²) < 4.78 is 0. The molecule has 0 aromatic heterocycles. The van der Waals surface area contributed by atoms with Crippen LogP contribution in [0.4, 0.5) is 0 Å². The number of nitrogens with zero attached hydrogens (tertiary/aromatic N) is 1. The maximum atomic E-state index is 5.90. The van der Waals surface area contributed by atoms with Gasteiger partial charge < -0.3 is 5.73 Å². The number of hydrogen-bond acceptors (Lipinski definition) is 2. The predicted octanol–water partition coefficient (Wildman–Crippen LogP) is 2.62. The Morgan fingerprint density at radius 3 is 2.20 bits per heavy atom. The van der Waals surface area contributed by atoms with Crippen molar-refractivity contribution in [3.05, 3.63) is 0 Å². The van der Waals surface area contributed by atoms with Crippen LogP contribution in [-0.4, -0.2) is 30.1 Å². The van der Waals surface area contributed by atoms with Gasteiger partial charge in [-0.05, 0) is 45.1 Å². The van der Waals surface area contributed by atoms with Crippen LogP contribution in [0, 0.1) is 5.41 Å². The third kappa shape index (κ3) is 3.18. The first-order chi connectivity index (χ1) is 7.02. The van der Waals surface area contributed by atoms with Crippen LogP contribution in [0.3, 0.4) is 0 Å². The van der Waals surface area contributed by atoms with Gasteiger partial charge in [-0.25, -0.2) is 0 Å².